The molecular weight excluding hydrogens is 296 g/mol. The summed E-state index contributed by atoms with van der Waals surface area (Å²) in [7, 11) is 0.968. The Kier molecular flexibility index (Phi) is 4.79. The maximum absolute atomic E-state index is 13.7. The number of carbonyl (C=O) groups excluding carboxylic acids is 1. The van der Waals surface area contributed by atoms with E-state index in [1.165, 1.54) is 0 Å². The Balaban J connectivity index is 3.23. The van der Waals surface area contributed by atoms with E-state index in [4.69, 9.17) is 0 Å². The van der Waals surface area contributed by atoms with E-state index in [2.05, 4.69) is 14.5 Å². The molecule has 1 rings (SSSR count). The number of carbonyl (C=O) groups is 1. The first-order chi connectivity index (χ1) is 9.15. The van der Waals surface area contributed by atoms with Crippen LogP contribution in [0, 0.1) is 5.82 Å². The van der Waals surface area contributed by atoms with Crippen LogP contribution < -0.4 is 4.74 Å². The number of rotatable bonds is 4. The van der Waals surface area contributed by atoms with E-state index in [-0.39, 0.29) is 6.20 Å². The molecule has 1 aromatic heterocycles. The molecule has 20 heavy (non-hydrogen) atoms. The van der Waals surface area contributed by atoms with Crippen molar-refractivity contribution in [3.63, 3.8) is 0 Å². The predicted octanol–water partition coefficient (Wildman–Crippen LogP) is 2.77. The molecule has 0 atom stereocenters. The molecule has 0 unspecified atom stereocenters. The lowest BCUT2D eigenvalue weighted by Gasteiger charge is -2.14. The monoisotopic (exact) mass is 303 g/mol. The second kappa shape index (κ2) is 5.97. The van der Waals surface area contributed by atoms with Crippen molar-refractivity contribution >= 4 is 5.97 Å². The van der Waals surface area contributed by atoms with E-state index < -0.39 is 48.0 Å². The van der Waals surface area contributed by atoms with Crippen molar-refractivity contribution in [2.75, 3.05) is 7.11 Å². The highest BCUT2D eigenvalue weighted by Crippen LogP contribution is 2.35. The van der Waals surface area contributed by atoms with Gasteiger partial charge in [-0.1, -0.05) is 0 Å². The topological polar surface area (TPSA) is 48.4 Å². The second-order valence-electron chi connectivity index (χ2n) is 3.40. The van der Waals surface area contributed by atoms with E-state index >= 15 is 0 Å². The zero-order valence-electron chi connectivity index (χ0n) is 9.80. The number of alkyl halides is 5. The average Bonchev–Trinajstić information content (AvgIpc) is 2.30. The summed E-state index contributed by atoms with van der Waals surface area (Å²) < 4.78 is 82.3. The van der Waals surface area contributed by atoms with Crippen LogP contribution >= 0.6 is 0 Å². The van der Waals surface area contributed by atoms with Crippen LogP contribution in [-0.4, -0.2) is 24.4 Å². The molecule has 0 radical (unpaired) electrons. The minimum Gasteiger partial charge on any atom is -0.469 e. The van der Waals surface area contributed by atoms with Crippen LogP contribution in [0.25, 0.3) is 0 Å². The summed E-state index contributed by atoms with van der Waals surface area (Å²) in [6.45, 7) is 0. The fraction of sp³-hybridized carbons (Fsp3) is 0.400. The first-order valence-corrected chi connectivity index (χ1v) is 4.93. The van der Waals surface area contributed by atoms with Gasteiger partial charge in [0.1, 0.15) is 0 Å². The van der Waals surface area contributed by atoms with Crippen molar-refractivity contribution in [3.05, 3.63) is 23.3 Å². The van der Waals surface area contributed by atoms with Gasteiger partial charge in [-0.2, -0.15) is 0 Å². The number of halogens is 6. The van der Waals surface area contributed by atoms with E-state index in [1.54, 1.807) is 0 Å². The fourth-order valence-electron chi connectivity index (χ4n) is 1.27. The highest BCUT2D eigenvalue weighted by molar-refractivity contribution is 5.72. The van der Waals surface area contributed by atoms with E-state index in [9.17, 15) is 31.1 Å². The van der Waals surface area contributed by atoms with Crippen LogP contribution in [0.3, 0.4) is 0 Å². The van der Waals surface area contributed by atoms with Gasteiger partial charge in [-0.3, -0.25) is 9.78 Å². The summed E-state index contributed by atoms with van der Waals surface area (Å²) in [6, 6.07) is 0. The number of aromatic nitrogens is 1. The Morgan fingerprint density at radius 2 is 2.00 bits per heavy atom. The molecule has 1 heterocycles. The lowest BCUT2D eigenvalue weighted by Crippen LogP contribution is -2.20. The van der Waals surface area contributed by atoms with Crippen molar-refractivity contribution in [2.24, 2.45) is 0 Å². The third-order valence-corrected chi connectivity index (χ3v) is 2.08. The first kappa shape index (κ1) is 16.1. The number of hydrogen-bond donors (Lipinski definition) is 0. The zero-order chi connectivity index (χ0) is 15.5. The van der Waals surface area contributed by atoms with Crippen LogP contribution in [-0.2, 0) is 16.0 Å². The molecule has 1 aromatic rings. The summed E-state index contributed by atoms with van der Waals surface area (Å²) >= 11 is 0. The minimum atomic E-state index is -5.28. The number of nitrogens with zero attached hydrogens (tertiary/aromatic N) is 1. The SMILES string of the molecule is COC(=O)Cc1ncc(OC(F)(F)F)c(C(F)F)c1F. The number of pyridine rings is 1. The number of esters is 1. The second-order valence-corrected chi connectivity index (χ2v) is 3.40. The Bertz CT molecular complexity index is 503. The molecule has 0 amide bonds. The molecule has 112 valence electrons. The molecule has 0 aliphatic rings. The lowest BCUT2D eigenvalue weighted by molar-refractivity contribution is -0.275. The fourth-order valence-corrected chi connectivity index (χ4v) is 1.27. The summed E-state index contributed by atoms with van der Waals surface area (Å²) in [4.78, 5) is 14.1. The van der Waals surface area contributed by atoms with Crippen molar-refractivity contribution in [1.82, 2.24) is 4.98 Å². The molecule has 0 saturated heterocycles. The van der Waals surface area contributed by atoms with Gasteiger partial charge in [-0.05, 0) is 0 Å². The minimum absolute atomic E-state index is 0.274. The standard InChI is InChI=1S/C10H7F6NO3/c1-19-6(18)2-4-8(11)7(9(12)13)5(3-17-4)20-10(14,15)16/h3,9H,2H2,1H3. The van der Waals surface area contributed by atoms with E-state index in [0.717, 1.165) is 7.11 Å². The third-order valence-electron chi connectivity index (χ3n) is 2.08. The van der Waals surface area contributed by atoms with Crippen molar-refractivity contribution in [3.8, 4) is 5.75 Å². The molecule has 0 aliphatic heterocycles. The average molecular weight is 303 g/mol. The highest BCUT2D eigenvalue weighted by atomic mass is 19.4. The van der Waals surface area contributed by atoms with E-state index in [0.29, 0.717) is 0 Å². The summed E-state index contributed by atoms with van der Waals surface area (Å²) in [5.41, 5.74) is -2.38. The molecule has 0 aliphatic carbocycles. The smallest absolute Gasteiger partial charge is 0.469 e. The third kappa shape index (κ3) is 4.00. The Morgan fingerprint density at radius 1 is 1.40 bits per heavy atom. The van der Waals surface area contributed by atoms with Gasteiger partial charge in [0.15, 0.2) is 11.6 Å². The molecule has 0 fully saturated rings. The molecule has 0 N–H and O–H groups in total. The molecule has 10 heteroatoms. The molecule has 0 saturated carbocycles. The predicted molar refractivity (Wildman–Crippen MR) is 51.6 cm³/mol. The Labute approximate surface area is 108 Å². The maximum Gasteiger partial charge on any atom is 0.573 e. The summed E-state index contributed by atoms with van der Waals surface area (Å²) in [5, 5.41) is 0. The number of hydrogen-bond acceptors (Lipinski definition) is 4. The van der Waals surface area contributed by atoms with Gasteiger partial charge in [0, 0.05) is 0 Å². The van der Waals surface area contributed by atoms with Crippen LogP contribution in [0.2, 0.25) is 0 Å². The van der Waals surface area contributed by atoms with Gasteiger partial charge < -0.3 is 9.47 Å². The first-order valence-electron chi connectivity index (χ1n) is 4.93. The van der Waals surface area contributed by atoms with Gasteiger partial charge >= 0.3 is 12.3 Å². The quantitative estimate of drug-likeness (QED) is 0.634. The molecule has 0 aromatic carbocycles. The Hall–Kier alpha value is -2.00. The Morgan fingerprint density at radius 3 is 2.45 bits per heavy atom. The van der Waals surface area contributed by atoms with Crippen molar-refractivity contribution < 1.29 is 40.6 Å². The van der Waals surface area contributed by atoms with Crippen LogP contribution in [0.4, 0.5) is 26.3 Å². The van der Waals surface area contributed by atoms with Crippen LogP contribution in [0.15, 0.2) is 6.20 Å². The largest absolute Gasteiger partial charge is 0.573 e. The summed E-state index contributed by atoms with van der Waals surface area (Å²) in [6.07, 6.45) is -9.38. The number of ether oxygens (including phenoxy) is 2. The summed E-state index contributed by atoms with van der Waals surface area (Å²) in [5.74, 6) is -4.19. The van der Waals surface area contributed by atoms with Gasteiger partial charge in [0.25, 0.3) is 6.43 Å². The van der Waals surface area contributed by atoms with Gasteiger partial charge in [-0.15, -0.1) is 13.2 Å². The highest BCUT2D eigenvalue weighted by Gasteiger charge is 2.35. The maximum atomic E-state index is 13.7. The van der Waals surface area contributed by atoms with Gasteiger partial charge in [0.2, 0.25) is 0 Å². The van der Waals surface area contributed by atoms with Crippen LogP contribution in [0.1, 0.15) is 17.7 Å². The molecular formula is C10H7F6NO3. The van der Waals surface area contributed by atoms with Gasteiger partial charge in [-0.25, -0.2) is 13.2 Å². The zero-order valence-corrected chi connectivity index (χ0v) is 9.80. The van der Waals surface area contributed by atoms with E-state index in [1.807, 2.05) is 0 Å². The van der Waals surface area contributed by atoms with Crippen LogP contribution in [0.5, 0.6) is 5.75 Å². The normalized spacial score (nSPS) is 11.6. The lowest BCUT2D eigenvalue weighted by atomic mass is 10.1. The van der Waals surface area contributed by atoms with Gasteiger partial charge in [0.05, 0.1) is 31.0 Å². The molecule has 0 bridgehead atoms. The van der Waals surface area contributed by atoms with Crippen molar-refractivity contribution in [2.45, 2.75) is 19.2 Å². The molecule has 4 nitrogen and oxygen atoms in total. The van der Waals surface area contributed by atoms with Crippen molar-refractivity contribution in [1.29, 1.82) is 0 Å². The number of methoxy groups -OCH3 is 1. The molecule has 0 spiro atoms.